The molecular weight excluding hydrogens is 917 g/mol. The molecule has 1 saturated heterocycles. The van der Waals surface area contributed by atoms with Gasteiger partial charge >= 0.3 is 5.97 Å². The van der Waals surface area contributed by atoms with Gasteiger partial charge in [-0.3, -0.25) is 4.79 Å². The highest BCUT2D eigenvalue weighted by Gasteiger charge is 2.49. The lowest BCUT2D eigenvalue weighted by molar-refractivity contribution is -0.274. The minimum absolute atomic E-state index is 0.00719. The lowest BCUT2D eigenvalue weighted by atomic mass is 9.92. The van der Waals surface area contributed by atoms with E-state index in [1.807, 2.05) is 212 Å². The standard InChI is InChI=1S/C63H66O10/c1-2-55(67-41-50-28-14-5-15-29-50)60(68-42-51-30-16-6-17-31-51)57(46-65-39-48-24-10-3-11-25-48)73-59(64)38-56-61(69-43-52-32-18-7-19-33-52)63(71-45-54-36-22-9-23-37-54)62(70-44-53-34-20-8-21-35-53)58(72-56)47-66-40-49-26-12-4-13-27-49/h2-37,55-58,60-63H,1,38-47H2/t55-,56-,57-,58-,60+,61-,62-,63-/m1/s1. The lowest BCUT2D eigenvalue weighted by Crippen LogP contribution is -2.61. The van der Waals surface area contributed by atoms with Crippen molar-refractivity contribution in [1.82, 2.24) is 0 Å². The lowest BCUT2D eigenvalue weighted by Gasteiger charge is -2.46. The van der Waals surface area contributed by atoms with E-state index in [0.29, 0.717) is 6.61 Å². The van der Waals surface area contributed by atoms with Crippen LogP contribution in [0.15, 0.2) is 225 Å². The van der Waals surface area contributed by atoms with Crippen LogP contribution in [0.3, 0.4) is 0 Å². The third kappa shape index (κ3) is 17.0. The van der Waals surface area contributed by atoms with Crippen LogP contribution >= 0.6 is 0 Å². The van der Waals surface area contributed by atoms with Crippen molar-refractivity contribution in [2.24, 2.45) is 0 Å². The Labute approximate surface area is 430 Å². The van der Waals surface area contributed by atoms with Gasteiger partial charge in [-0.05, 0) is 38.9 Å². The van der Waals surface area contributed by atoms with Crippen LogP contribution in [0.25, 0.3) is 0 Å². The molecule has 0 bridgehead atoms. The highest BCUT2D eigenvalue weighted by atomic mass is 16.6. The molecule has 0 N–H and O–H groups in total. The van der Waals surface area contributed by atoms with Crippen molar-refractivity contribution in [2.45, 2.75) is 102 Å². The van der Waals surface area contributed by atoms with E-state index in [-0.39, 0.29) is 59.3 Å². The molecule has 10 heteroatoms. The van der Waals surface area contributed by atoms with Crippen molar-refractivity contribution in [1.29, 1.82) is 0 Å². The van der Waals surface area contributed by atoms with Crippen molar-refractivity contribution < 1.29 is 47.4 Å². The van der Waals surface area contributed by atoms with Crippen molar-refractivity contribution in [2.75, 3.05) is 13.2 Å². The Balaban J connectivity index is 1.11. The molecule has 1 fully saturated rings. The summed E-state index contributed by atoms with van der Waals surface area (Å²) in [4.78, 5) is 15.0. The molecule has 1 heterocycles. The molecule has 0 spiro atoms. The minimum atomic E-state index is -0.955. The third-order valence-corrected chi connectivity index (χ3v) is 12.5. The fourth-order valence-corrected chi connectivity index (χ4v) is 8.74. The fraction of sp³-hybridized carbons (Fsp3) is 0.286. The molecule has 7 aromatic rings. The number of carbonyl (C=O) groups is 1. The second-order valence-corrected chi connectivity index (χ2v) is 18.0. The largest absolute Gasteiger partial charge is 0.457 e. The van der Waals surface area contributed by atoms with Gasteiger partial charge in [0.25, 0.3) is 0 Å². The van der Waals surface area contributed by atoms with Crippen molar-refractivity contribution in [3.05, 3.63) is 264 Å². The van der Waals surface area contributed by atoms with E-state index in [9.17, 15) is 4.79 Å². The Morgan fingerprint density at radius 2 is 0.795 bits per heavy atom. The average Bonchev–Trinajstić information content (AvgIpc) is 3.44. The summed E-state index contributed by atoms with van der Waals surface area (Å²) in [5.74, 6) is -0.555. The molecule has 10 nitrogen and oxygen atoms in total. The van der Waals surface area contributed by atoms with Crippen LogP contribution in [-0.4, -0.2) is 68.0 Å². The average molecular weight is 983 g/mol. The Morgan fingerprint density at radius 3 is 1.22 bits per heavy atom. The number of ether oxygens (including phenoxy) is 9. The quantitative estimate of drug-likeness (QED) is 0.0333. The van der Waals surface area contributed by atoms with Gasteiger partial charge in [-0.25, -0.2) is 0 Å². The number of carbonyl (C=O) groups excluding carboxylic acids is 1. The third-order valence-electron chi connectivity index (χ3n) is 12.5. The van der Waals surface area contributed by atoms with Crippen LogP contribution in [0.5, 0.6) is 0 Å². The Hall–Kier alpha value is -6.57. The van der Waals surface area contributed by atoms with Gasteiger partial charge in [-0.2, -0.15) is 0 Å². The van der Waals surface area contributed by atoms with E-state index in [1.165, 1.54) is 0 Å². The molecule has 1 aliphatic heterocycles. The molecule has 8 rings (SSSR count). The van der Waals surface area contributed by atoms with Crippen molar-refractivity contribution in [3.63, 3.8) is 0 Å². The first-order valence-corrected chi connectivity index (χ1v) is 25.1. The summed E-state index contributed by atoms with van der Waals surface area (Å²) < 4.78 is 60.5. The van der Waals surface area contributed by atoms with Crippen LogP contribution in [0.4, 0.5) is 0 Å². The molecule has 0 amide bonds. The second-order valence-electron chi connectivity index (χ2n) is 18.0. The van der Waals surface area contributed by atoms with Crippen LogP contribution < -0.4 is 0 Å². The molecule has 73 heavy (non-hydrogen) atoms. The van der Waals surface area contributed by atoms with Crippen LogP contribution in [0.1, 0.15) is 45.4 Å². The molecular formula is C63H66O10. The molecule has 7 aromatic carbocycles. The zero-order chi connectivity index (χ0) is 50.1. The number of benzene rings is 7. The summed E-state index contributed by atoms with van der Waals surface area (Å²) in [5, 5.41) is 0. The number of hydrogen-bond acceptors (Lipinski definition) is 10. The van der Waals surface area contributed by atoms with Crippen molar-refractivity contribution >= 4 is 5.97 Å². The van der Waals surface area contributed by atoms with Crippen molar-refractivity contribution in [3.8, 4) is 0 Å². The van der Waals surface area contributed by atoms with E-state index in [2.05, 4.69) is 6.58 Å². The summed E-state index contributed by atoms with van der Waals surface area (Å²) in [6, 6.07) is 69.4. The highest BCUT2D eigenvalue weighted by Crippen LogP contribution is 2.33. The van der Waals surface area contributed by atoms with Crippen LogP contribution in [-0.2, 0) is 93.7 Å². The molecule has 1 aliphatic rings. The first-order valence-electron chi connectivity index (χ1n) is 25.1. The summed E-state index contributed by atoms with van der Waals surface area (Å²) in [6.45, 7) is 6.16. The van der Waals surface area contributed by atoms with Gasteiger partial charge in [-0.1, -0.05) is 218 Å². The Morgan fingerprint density at radius 1 is 0.438 bits per heavy atom. The summed E-state index contributed by atoms with van der Waals surface area (Å²) >= 11 is 0. The Kier molecular flexibility index (Phi) is 21.1. The molecule has 0 unspecified atom stereocenters. The smallest absolute Gasteiger partial charge is 0.308 e. The van der Waals surface area contributed by atoms with E-state index < -0.39 is 54.8 Å². The van der Waals surface area contributed by atoms with Crippen LogP contribution in [0, 0.1) is 0 Å². The maximum atomic E-state index is 15.0. The van der Waals surface area contributed by atoms with Gasteiger partial charge in [0.2, 0.25) is 0 Å². The van der Waals surface area contributed by atoms with Gasteiger partial charge in [0.05, 0.1) is 72.0 Å². The molecule has 8 atom stereocenters. The van der Waals surface area contributed by atoms with Gasteiger partial charge in [-0.15, -0.1) is 6.58 Å². The predicted molar refractivity (Wildman–Crippen MR) is 281 cm³/mol. The van der Waals surface area contributed by atoms with E-state index >= 15 is 0 Å². The SMILES string of the molecule is C=C[C@@H](OCc1ccccc1)[C@H](OCc1ccccc1)[C@@H](COCc1ccccc1)OC(=O)C[C@H]1O[C@H](COCc2ccccc2)[C@@H](OCc2ccccc2)[C@H](OCc2ccccc2)[C@@H]1OCc1ccccc1. The van der Waals surface area contributed by atoms with Crippen LogP contribution in [0.2, 0.25) is 0 Å². The summed E-state index contributed by atoms with van der Waals surface area (Å²) in [5.41, 5.74) is 6.78. The molecule has 378 valence electrons. The monoisotopic (exact) mass is 982 g/mol. The van der Waals surface area contributed by atoms with Gasteiger partial charge in [0.1, 0.15) is 36.6 Å². The van der Waals surface area contributed by atoms with E-state index in [0.717, 1.165) is 38.9 Å². The van der Waals surface area contributed by atoms with Gasteiger partial charge in [0.15, 0.2) is 6.10 Å². The number of hydrogen-bond donors (Lipinski definition) is 0. The zero-order valence-electron chi connectivity index (χ0n) is 41.3. The Bertz CT molecular complexity index is 2590. The highest BCUT2D eigenvalue weighted by molar-refractivity contribution is 5.70. The molecule has 0 aromatic heterocycles. The van der Waals surface area contributed by atoms with E-state index in [1.54, 1.807) is 6.08 Å². The topological polar surface area (TPSA) is 100 Å². The van der Waals surface area contributed by atoms with E-state index in [4.69, 9.17) is 42.6 Å². The molecule has 0 aliphatic carbocycles. The molecule has 0 radical (unpaired) electrons. The fourth-order valence-electron chi connectivity index (χ4n) is 8.74. The molecule has 0 saturated carbocycles. The first kappa shape index (κ1) is 52.7. The predicted octanol–water partition coefficient (Wildman–Crippen LogP) is 11.6. The maximum absolute atomic E-state index is 15.0. The summed E-state index contributed by atoms with van der Waals surface area (Å²) in [7, 11) is 0. The minimum Gasteiger partial charge on any atom is -0.457 e. The normalized spacial score (nSPS) is 18.8. The van der Waals surface area contributed by atoms with Gasteiger partial charge < -0.3 is 42.6 Å². The number of rotatable bonds is 29. The zero-order valence-corrected chi connectivity index (χ0v) is 41.3. The number of esters is 1. The summed E-state index contributed by atoms with van der Waals surface area (Å²) in [6.07, 6.45) is -4.81. The maximum Gasteiger partial charge on any atom is 0.308 e. The van der Waals surface area contributed by atoms with Gasteiger partial charge in [0, 0.05) is 0 Å². The first-order chi connectivity index (χ1) is 36.1. The second kappa shape index (κ2) is 29.2.